The number of rotatable bonds is 4. The van der Waals surface area contributed by atoms with Gasteiger partial charge in [0.2, 0.25) is 0 Å². The minimum absolute atomic E-state index is 0.452. The van der Waals surface area contributed by atoms with E-state index in [1.165, 1.54) is 5.56 Å². The Morgan fingerprint density at radius 2 is 2.15 bits per heavy atom. The maximum atomic E-state index is 4.57. The molecule has 1 N–H and O–H groups in total. The van der Waals surface area contributed by atoms with Crippen LogP contribution in [0.15, 0.2) is 47.6 Å². The van der Waals surface area contributed by atoms with Crippen LogP contribution in [0.25, 0.3) is 0 Å². The molecule has 0 fully saturated rings. The number of thioether (sulfide) groups is 1. The minimum atomic E-state index is 0.452. The molecule has 0 aliphatic carbocycles. The average Bonchev–Trinajstić information content (AvgIpc) is 3.09. The molecular weight excluding hydrogens is 268 g/mol. The monoisotopic (exact) mass is 286 g/mol. The van der Waals surface area contributed by atoms with E-state index in [9.17, 15) is 0 Å². The Hall–Kier alpha value is -1.75. The van der Waals surface area contributed by atoms with Crippen molar-refractivity contribution in [1.29, 1.82) is 0 Å². The van der Waals surface area contributed by atoms with Gasteiger partial charge in [-0.15, -0.1) is 0 Å². The molecule has 1 aliphatic rings. The van der Waals surface area contributed by atoms with Gasteiger partial charge in [0.05, 0.1) is 17.5 Å². The summed E-state index contributed by atoms with van der Waals surface area (Å²) in [6.45, 7) is 1.74. The molecule has 0 radical (unpaired) electrons. The maximum Gasteiger partial charge on any atom is 0.157 e. The predicted molar refractivity (Wildman–Crippen MR) is 84.0 cm³/mol. The van der Waals surface area contributed by atoms with Gasteiger partial charge in [0.1, 0.15) is 0 Å². The molecule has 0 amide bonds. The summed E-state index contributed by atoms with van der Waals surface area (Å²) in [5.74, 6) is 0. The van der Waals surface area contributed by atoms with Gasteiger partial charge < -0.3 is 5.32 Å². The van der Waals surface area contributed by atoms with Gasteiger partial charge in [0.15, 0.2) is 5.17 Å². The number of amidine groups is 1. The van der Waals surface area contributed by atoms with Crippen molar-refractivity contribution in [2.75, 3.05) is 13.1 Å². The third kappa shape index (κ3) is 3.22. The lowest BCUT2D eigenvalue weighted by molar-refractivity contribution is 0.731. The largest absolute Gasteiger partial charge is 0.365 e. The highest BCUT2D eigenvalue weighted by Gasteiger charge is 2.20. The molecule has 1 aromatic heterocycles. The number of aromatic nitrogens is 2. The fourth-order valence-electron chi connectivity index (χ4n) is 2.21. The van der Waals surface area contributed by atoms with E-state index in [1.54, 1.807) is 0 Å². The Labute approximate surface area is 123 Å². The van der Waals surface area contributed by atoms with E-state index in [2.05, 4.69) is 51.8 Å². The minimum Gasteiger partial charge on any atom is -0.365 e. The van der Waals surface area contributed by atoms with Crippen LogP contribution in [-0.2, 0) is 13.5 Å². The van der Waals surface area contributed by atoms with E-state index < -0.39 is 0 Å². The second kappa shape index (κ2) is 6.13. The van der Waals surface area contributed by atoms with Crippen molar-refractivity contribution in [3.8, 4) is 0 Å². The number of nitrogens with one attached hydrogen (secondary N) is 1. The molecule has 3 rings (SSSR count). The third-order valence-corrected chi connectivity index (χ3v) is 4.45. The molecule has 0 saturated carbocycles. The summed E-state index contributed by atoms with van der Waals surface area (Å²) in [7, 11) is 1.94. The number of hydrogen-bond donors (Lipinski definition) is 1. The van der Waals surface area contributed by atoms with Crippen LogP contribution >= 0.6 is 11.8 Å². The first-order valence-corrected chi connectivity index (χ1v) is 7.68. The van der Waals surface area contributed by atoms with E-state index in [4.69, 9.17) is 0 Å². The second-order valence-electron chi connectivity index (χ2n) is 4.82. The van der Waals surface area contributed by atoms with Crippen LogP contribution < -0.4 is 5.32 Å². The summed E-state index contributed by atoms with van der Waals surface area (Å²) in [5.41, 5.74) is 2.46. The van der Waals surface area contributed by atoms with E-state index in [1.807, 2.05) is 29.7 Å². The summed E-state index contributed by atoms with van der Waals surface area (Å²) in [5, 5.41) is 9.27. The first kappa shape index (κ1) is 13.2. The van der Waals surface area contributed by atoms with Crippen LogP contribution in [0.4, 0.5) is 0 Å². The number of aliphatic imine (C=N–C) groups is 1. The van der Waals surface area contributed by atoms with E-state index in [0.717, 1.165) is 30.4 Å². The Bertz CT molecular complexity index is 591. The van der Waals surface area contributed by atoms with Crippen LogP contribution in [0, 0.1) is 0 Å². The van der Waals surface area contributed by atoms with Gasteiger partial charge in [-0.25, -0.2) is 0 Å². The summed E-state index contributed by atoms with van der Waals surface area (Å²) < 4.78 is 1.84. The molecule has 2 heterocycles. The molecule has 5 heteroatoms. The summed E-state index contributed by atoms with van der Waals surface area (Å²) in [4.78, 5) is 4.57. The Balaban J connectivity index is 1.46. The van der Waals surface area contributed by atoms with Crippen molar-refractivity contribution in [2.45, 2.75) is 11.7 Å². The SMILES string of the molecule is Cn1ccc(CCNC2=NCC(c3ccccc3)S2)n1. The predicted octanol–water partition coefficient (Wildman–Crippen LogP) is 2.40. The number of benzene rings is 1. The number of aryl methyl sites for hydroxylation is 1. The van der Waals surface area contributed by atoms with Gasteiger partial charge in [-0.3, -0.25) is 9.67 Å². The normalized spacial score (nSPS) is 18.1. The van der Waals surface area contributed by atoms with Crippen molar-refractivity contribution in [2.24, 2.45) is 12.0 Å². The standard InChI is InChI=1S/C15H18N4S/c1-19-10-8-13(18-19)7-9-16-15-17-11-14(20-15)12-5-3-2-4-6-12/h2-6,8,10,14H,7,9,11H2,1H3,(H,16,17). The molecule has 104 valence electrons. The summed E-state index contributed by atoms with van der Waals surface area (Å²) in [6.07, 6.45) is 2.90. The van der Waals surface area contributed by atoms with Crippen LogP contribution in [0.1, 0.15) is 16.5 Å². The molecule has 2 aromatic rings. The van der Waals surface area contributed by atoms with Crippen LogP contribution in [0.3, 0.4) is 0 Å². The second-order valence-corrected chi connectivity index (χ2v) is 6.01. The molecule has 1 aliphatic heterocycles. The number of hydrogen-bond acceptors (Lipinski definition) is 4. The molecule has 0 spiro atoms. The van der Waals surface area contributed by atoms with Gasteiger partial charge in [0, 0.05) is 26.2 Å². The Morgan fingerprint density at radius 3 is 2.90 bits per heavy atom. The van der Waals surface area contributed by atoms with Crippen LogP contribution in [0.2, 0.25) is 0 Å². The molecule has 20 heavy (non-hydrogen) atoms. The average molecular weight is 286 g/mol. The van der Waals surface area contributed by atoms with Gasteiger partial charge in [-0.1, -0.05) is 42.1 Å². The molecule has 1 atom stereocenters. The third-order valence-electron chi connectivity index (χ3n) is 3.25. The lowest BCUT2D eigenvalue weighted by atomic mass is 10.1. The zero-order valence-corrected chi connectivity index (χ0v) is 12.3. The fourth-order valence-corrected chi connectivity index (χ4v) is 3.25. The Kier molecular flexibility index (Phi) is 4.06. The smallest absolute Gasteiger partial charge is 0.157 e. The quantitative estimate of drug-likeness (QED) is 0.938. The Morgan fingerprint density at radius 1 is 1.30 bits per heavy atom. The molecule has 0 saturated heterocycles. The van der Waals surface area contributed by atoms with Crippen molar-refractivity contribution in [3.05, 3.63) is 53.9 Å². The van der Waals surface area contributed by atoms with Crippen LogP contribution in [0.5, 0.6) is 0 Å². The highest BCUT2D eigenvalue weighted by Crippen LogP contribution is 2.33. The topological polar surface area (TPSA) is 42.2 Å². The summed E-state index contributed by atoms with van der Waals surface area (Å²) in [6, 6.07) is 12.6. The zero-order valence-electron chi connectivity index (χ0n) is 11.5. The maximum absolute atomic E-state index is 4.57. The van der Waals surface area contributed by atoms with Crippen molar-refractivity contribution >= 4 is 16.9 Å². The van der Waals surface area contributed by atoms with E-state index in [-0.39, 0.29) is 0 Å². The molecule has 1 aromatic carbocycles. The van der Waals surface area contributed by atoms with Crippen molar-refractivity contribution in [1.82, 2.24) is 15.1 Å². The highest BCUT2D eigenvalue weighted by atomic mass is 32.2. The summed E-state index contributed by atoms with van der Waals surface area (Å²) >= 11 is 1.82. The molecule has 0 bridgehead atoms. The lowest BCUT2D eigenvalue weighted by Gasteiger charge is -2.09. The van der Waals surface area contributed by atoms with Gasteiger partial charge in [-0.2, -0.15) is 5.10 Å². The zero-order chi connectivity index (χ0) is 13.8. The van der Waals surface area contributed by atoms with Crippen molar-refractivity contribution < 1.29 is 0 Å². The van der Waals surface area contributed by atoms with Gasteiger partial charge in [-0.05, 0) is 11.6 Å². The van der Waals surface area contributed by atoms with Gasteiger partial charge >= 0.3 is 0 Å². The highest BCUT2D eigenvalue weighted by molar-refractivity contribution is 8.14. The first-order valence-electron chi connectivity index (χ1n) is 6.80. The molecule has 4 nitrogen and oxygen atoms in total. The fraction of sp³-hybridized carbons (Fsp3) is 0.333. The van der Waals surface area contributed by atoms with Crippen LogP contribution in [-0.4, -0.2) is 28.0 Å². The molecular formula is C15H18N4S. The molecule has 1 unspecified atom stereocenters. The van der Waals surface area contributed by atoms with E-state index in [0.29, 0.717) is 5.25 Å². The van der Waals surface area contributed by atoms with E-state index >= 15 is 0 Å². The van der Waals surface area contributed by atoms with Crippen molar-refractivity contribution in [3.63, 3.8) is 0 Å². The first-order chi connectivity index (χ1) is 9.81. The lowest BCUT2D eigenvalue weighted by Crippen LogP contribution is -2.22. The van der Waals surface area contributed by atoms with Gasteiger partial charge in [0.25, 0.3) is 0 Å². The number of nitrogens with zero attached hydrogens (tertiary/aromatic N) is 3.